The normalized spacial score (nSPS) is 12.6. The van der Waals surface area contributed by atoms with Crippen molar-refractivity contribution in [3.63, 3.8) is 0 Å². The monoisotopic (exact) mass is 398 g/mol. The lowest BCUT2D eigenvalue weighted by atomic mass is 10.1. The quantitative estimate of drug-likeness (QED) is 0.701. The summed E-state index contributed by atoms with van der Waals surface area (Å²) in [6.07, 6.45) is 0. The first kappa shape index (κ1) is 19.8. The fourth-order valence-electron chi connectivity index (χ4n) is 2.09. The van der Waals surface area contributed by atoms with Crippen LogP contribution in [-0.2, 0) is 27.1 Å². The zero-order valence-electron chi connectivity index (χ0n) is 13.6. The van der Waals surface area contributed by atoms with Gasteiger partial charge < -0.3 is 5.32 Å². The van der Waals surface area contributed by atoms with Crippen molar-refractivity contribution in [2.75, 3.05) is 0 Å². The maximum Gasteiger partial charge on any atom is 0.233 e. The molecule has 134 valence electrons. The topological polar surface area (TPSA) is 89.3 Å². The summed E-state index contributed by atoms with van der Waals surface area (Å²) in [6, 6.07) is 14.3. The Bertz CT molecular complexity index is 822. The van der Waals surface area contributed by atoms with Crippen LogP contribution in [0.2, 0.25) is 5.02 Å². The van der Waals surface area contributed by atoms with E-state index in [2.05, 4.69) is 5.32 Å². The van der Waals surface area contributed by atoms with Crippen LogP contribution in [0.3, 0.4) is 0 Å². The number of primary sulfonamides is 1. The molecular weight excluding hydrogens is 380 g/mol. The van der Waals surface area contributed by atoms with E-state index in [1.807, 2.05) is 19.1 Å². The van der Waals surface area contributed by atoms with Gasteiger partial charge in [0.2, 0.25) is 15.9 Å². The second-order valence-corrected chi connectivity index (χ2v) is 9.02. The number of benzene rings is 2. The SMILES string of the molecule is C[C@@H](Sc1ccc(Cl)cc1)C(=O)NCc1ccc(CS(N)(=O)=O)cc1. The lowest BCUT2D eigenvalue weighted by Gasteiger charge is -2.12. The molecular formula is C17H19ClN2O3S2. The second-order valence-electron chi connectivity index (χ2n) is 5.56. The lowest BCUT2D eigenvalue weighted by Crippen LogP contribution is -2.30. The molecule has 2 aromatic carbocycles. The van der Waals surface area contributed by atoms with Gasteiger partial charge >= 0.3 is 0 Å². The minimum absolute atomic E-state index is 0.0754. The number of carbonyl (C=O) groups is 1. The zero-order valence-corrected chi connectivity index (χ0v) is 16.0. The van der Waals surface area contributed by atoms with Crippen LogP contribution in [0.4, 0.5) is 0 Å². The van der Waals surface area contributed by atoms with E-state index in [9.17, 15) is 13.2 Å². The number of nitrogens with two attached hydrogens (primary N) is 1. The fraction of sp³-hybridized carbons (Fsp3) is 0.235. The van der Waals surface area contributed by atoms with Crippen LogP contribution in [-0.4, -0.2) is 19.6 Å². The summed E-state index contributed by atoms with van der Waals surface area (Å²) in [5, 5.41) is 8.30. The number of amides is 1. The number of sulfonamides is 1. The van der Waals surface area contributed by atoms with Crippen molar-refractivity contribution >= 4 is 39.3 Å². The molecule has 8 heteroatoms. The Kier molecular flexibility index (Phi) is 6.89. The summed E-state index contributed by atoms with van der Waals surface area (Å²) in [6.45, 7) is 2.21. The van der Waals surface area contributed by atoms with Crippen LogP contribution in [0, 0.1) is 0 Å². The number of hydrogen-bond acceptors (Lipinski definition) is 4. The predicted molar refractivity (Wildman–Crippen MR) is 102 cm³/mol. The standard InChI is InChI=1S/C17H19ClN2O3S2/c1-12(24-16-8-6-15(18)7-9-16)17(21)20-10-13-2-4-14(5-3-13)11-25(19,22)23/h2-9,12H,10-11H2,1H3,(H,20,21)(H2,19,22,23)/t12-/m1/s1. The molecule has 25 heavy (non-hydrogen) atoms. The molecule has 2 rings (SSSR count). The van der Waals surface area contributed by atoms with Gasteiger partial charge in [0.1, 0.15) is 0 Å². The number of halogens is 1. The Balaban J connectivity index is 1.85. The molecule has 0 saturated heterocycles. The molecule has 5 nitrogen and oxygen atoms in total. The van der Waals surface area contributed by atoms with Crippen molar-refractivity contribution in [2.24, 2.45) is 5.14 Å². The highest BCUT2D eigenvalue weighted by atomic mass is 35.5. The molecule has 0 aliphatic heterocycles. The summed E-state index contributed by atoms with van der Waals surface area (Å²) in [5.74, 6) is -0.275. The van der Waals surface area contributed by atoms with Crippen LogP contribution in [0.1, 0.15) is 18.1 Å². The Morgan fingerprint density at radius 2 is 1.68 bits per heavy atom. The summed E-state index contributed by atoms with van der Waals surface area (Å²) < 4.78 is 22.1. The zero-order chi connectivity index (χ0) is 18.4. The smallest absolute Gasteiger partial charge is 0.233 e. The van der Waals surface area contributed by atoms with Crippen molar-refractivity contribution < 1.29 is 13.2 Å². The molecule has 1 amide bonds. The van der Waals surface area contributed by atoms with E-state index in [1.54, 1.807) is 36.4 Å². The third-order valence-corrected chi connectivity index (χ3v) is 5.45. The Labute approximate surface area is 157 Å². The van der Waals surface area contributed by atoms with E-state index in [0.29, 0.717) is 17.1 Å². The van der Waals surface area contributed by atoms with Gasteiger partial charge in [-0.25, -0.2) is 13.6 Å². The molecule has 0 unspecified atom stereocenters. The van der Waals surface area contributed by atoms with Gasteiger partial charge in [0, 0.05) is 16.5 Å². The molecule has 2 aromatic rings. The van der Waals surface area contributed by atoms with Crippen LogP contribution < -0.4 is 10.5 Å². The molecule has 0 saturated carbocycles. The molecule has 0 fully saturated rings. The number of nitrogens with one attached hydrogen (secondary N) is 1. The number of carbonyl (C=O) groups excluding carboxylic acids is 1. The van der Waals surface area contributed by atoms with Crippen molar-refractivity contribution in [1.82, 2.24) is 5.32 Å². The van der Waals surface area contributed by atoms with Crippen LogP contribution in [0.15, 0.2) is 53.4 Å². The average Bonchev–Trinajstić information content (AvgIpc) is 2.54. The molecule has 1 atom stereocenters. The van der Waals surface area contributed by atoms with E-state index >= 15 is 0 Å². The fourth-order valence-corrected chi connectivity index (χ4v) is 3.76. The maximum absolute atomic E-state index is 12.2. The summed E-state index contributed by atoms with van der Waals surface area (Å²) in [7, 11) is -3.54. The van der Waals surface area contributed by atoms with Gasteiger partial charge in [-0.2, -0.15) is 0 Å². The molecule has 0 bridgehead atoms. The minimum atomic E-state index is -3.54. The van der Waals surface area contributed by atoms with E-state index < -0.39 is 10.0 Å². The largest absolute Gasteiger partial charge is 0.351 e. The summed E-state index contributed by atoms with van der Waals surface area (Å²) in [5.41, 5.74) is 1.50. The van der Waals surface area contributed by atoms with Crippen LogP contribution in [0.5, 0.6) is 0 Å². The number of rotatable bonds is 7. The summed E-state index contributed by atoms with van der Waals surface area (Å²) >= 11 is 7.30. The van der Waals surface area contributed by atoms with Gasteiger partial charge in [0.15, 0.2) is 0 Å². The van der Waals surface area contributed by atoms with Crippen molar-refractivity contribution in [2.45, 2.75) is 29.4 Å². The van der Waals surface area contributed by atoms with Gasteiger partial charge in [-0.3, -0.25) is 4.79 Å². The highest BCUT2D eigenvalue weighted by Gasteiger charge is 2.14. The van der Waals surface area contributed by atoms with Crippen molar-refractivity contribution in [3.05, 3.63) is 64.7 Å². The third kappa shape index (κ3) is 7.07. The Morgan fingerprint density at radius 1 is 1.12 bits per heavy atom. The first-order chi connectivity index (χ1) is 11.7. The van der Waals surface area contributed by atoms with E-state index in [-0.39, 0.29) is 16.9 Å². The lowest BCUT2D eigenvalue weighted by molar-refractivity contribution is -0.120. The average molecular weight is 399 g/mol. The molecule has 0 aliphatic rings. The van der Waals surface area contributed by atoms with Crippen LogP contribution >= 0.6 is 23.4 Å². The molecule has 0 radical (unpaired) electrons. The molecule has 0 heterocycles. The molecule has 0 aliphatic carbocycles. The third-order valence-electron chi connectivity index (χ3n) is 3.35. The van der Waals surface area contributed by atoms with Gasteiger partial charge in [0.05, 0.1) is 11.0 Å². The van der Waals surface area contributed by atoms with E-state index in [0.717, 1.165) is 10.5 Å². The van der Waals surface area contributed by atoms with Gasteiger partial charge in [0.25, 0.3) is 0 Å². The van der Waals surface area contributed by atoms with Crippen LogP contribution in [0.25, 0.3) is 0 Å². The Morgan fingerprint density at radius 3 is 2.24 bits per heavy atom. The van der Waals surface area contributed by atoms with Gasteiger partial charge in [-0.1, -0.05) is 35.9 Å². The number of hydrogen-bond donors (Lipinski definition) is 2. The minimum Gasteiger partial charge on any atom is -0.351 e. The van der Waals surface area contributed by atoms with Gasteiger partial charge in [-0.05, 0) is 42.3 Å². The second kappa shape index (κ2) is 8.71. The summed E-state index contributed by atoms with van der Waals surface area (Å²) in [4.78, 5) is 13.2. The van der Waals surface area contributed by atoms with Crippen molar-refractivity contribution in [3.8, 4) is 0 Å². The first-order valence-corrected chi connectivity index (χ1v) is 10.5. The van der Waals surface area contributed by atoms with Gasteiger partial charge in [-0.15, -0.1) is 11.8 Å². The highest BCUT2D eigenvalue weighted by Crippen LogP contribution is 2.24. The van der Waals surface area contributed by atoms with E-state index in [1.165, 1.54) is 11.8 Å². The predicted octanol–water partition coefficient (Wildman–Crippen LogP) is 2.93. The Hall–Kier alpha value is -1.54. The molecule has 3 N–H and O–H groups in total. The maximum atomic E-state index is 12.2. The first-order valence-electron chi connectivity index (χ1n) is 7.51. The molecule has 0 spiro atoms. The highest BCUT2D eigenvalue weighted by molar-refractivity contribution is 8.00. The van der Waals surface area contributed by atoms with E-state index in [4.69, 9.17) is 16.7 Å². The van der Waals surface area contributed by atoms with Crippen molar-refractivity contribution in [1.29, 1.82) is 0 Å². The number of thioether (sulfide) groups is 1. The molecule has 0 aromatic heterocycles.